The topological polar surface area (TPSA) is 18.5 Å². The van der Waals surface area contributed by atoms with Crippen LogP contribution in [0.25, 0.3) is 0 Å². The van der Waals surface area contributed by atoms with Gasteiger partial charge in [0.25, 0.3) is 0 Å². The molecule has 0 spiro atoms. The predicted molar refractivity (Wildman–Crippen MR) is 61.0 cm³/mol. The van der Waals surface area contributed by atoms with E-state index in [-0.39, 0.29) is 0 Å². The third-order valence-corrected chi connectivity index (χ3v) is 2.56. The van der Waals surface area contributed by atoms with Crippen LogP contribution in [0.2, 0.25) is 0 Å². The fraction of sp³-hybridized carbons (Fsp3) is 0.0714. The van der Waals surface area contributed by atoms with Gasteiger partial charge in [-0.1, -0.05) is 18.2 Å². The van der Waals surface area contributed by atoms with E-state index in [1.54, 1.807) is 7.11 Å². The summed E-state index contributed by atoms with van der Waals surface area (Å²) in [6.45, 7) is 0. The Hall–Kier alpha value is -1.96. The first kappa shape index (κ1) is 9.28. The molecule has 1 aliphatic rings. The minimum Gasteiger partial charge on any atom is -0.497 e. The Labute approximate surface area is 94.4 Å². The van der Waals surface area contributed by atoms with Gasteiger partial charge in [-0.25, -0.2) is 0 Å². The molecular formula is C14H10O2. The Kier molecular flexibility index (Phi) is 2.07. The van der Waals surface area contributed by atoms with Gasteiger partial charge in [-0.15, -0.1) is 0 Å². The van der Waals surface area contributed by atoms with E-state index in [1.807, 2.05) is 42.5 Å². The highest BCUT2D eigenvalue weighted by molar-refractivity contribution is 5.58. The highest BCUT2D eigenvalue weighted by Crippen LogP contribution is 2.38. The van der Waals surface area contributed by atoms with Crippen LogP contribution in [0.5, 0.6) is 17.2 Å². The van der Waals surface area contributed by atoms with Crippen LogP contribution in [0.1, 0.15) is 11.1 Å². The summed E-state index contributed by atoms with van der Waals surface area (Å²) >= 11 is 0. The van der Waals surface area contributed by atoms with Crippen molar-refractivity contribution in [2.24, 2.45) is 0 Å². The van der Waals surface area contributed by atoms with Crippen molar-refractivity contribution < 1.29 is 9.47 Å². The van der Waals surface area contributed by atoms with Crippen LogP contribution in [-0.4, -0.2) is 7.11 Å². The standard InChI is InChI=1S/C14H10O2/c1-15-12-6-7-14-11(9-12)8-10-4-2-3-5-13(10)16-14/h2-7,9H,1H3. The van der Waals surface area contributed by atoms with E-state index in [9.17, 15) is 0 Å². The normalized spacial score (nSPS) is 12.3. The Morgan fingerprint density at radius 1 is 1.00 bits per heavy atom. The Bertz CT molecular complexity index is 532. The van der Waals surface area contributed by atoms with Crippen LogP contribution in [0.4, 0.5) is 0 Å². The molecule has 2 heteroatoms. The van der Waals surface area contributed by atoms with Gasteiger partial charge in [-0.2, -0.15) is 0 Å². The van der Waals surface area contributed by atoms with E-state index in [2.05, 4.69) is 6.42 Å². The molecule has 0 atom stereocenters. The molecule has 0 saturated heterocycles. The van der Waals surface area contributed by atoms with Crippen LogP contribution in [0, 0.1) is 6.42 Å². The molecule has 0 amide bonds. The Morgan fingerprint density at radius 3 is 2.69 bits per heavy atom. The number of hydrogen-bond donors (Lipinski definition) is 0. The molecule has 0 aliphatic carbocycles. The van der Waals surface area contributed by atoms with Crippen molar-refractivity contribution in [3.05, 3.63) is 60.0 Å². The highest BCUT2D eigenvalue weighted by Gasteiger charge is 2.17. The molecule has 2 nitrogen and oxygen atoms in total. The van der Waals surface area contributed by atoms with Gasteiger partial charge in [0.15, 0.2) is 0 Å². The number of methoxy groups -OCH3 is 1. The SMILES string of the molecule is COc1ccc2c(c1)[C]c1ccccc1O2. The maximum absolute atomic E-state index is 5.76. The lowest BCUT2D eigenvalue weighted by atomic mass is 10.0. The molecule has 78 valence electrons. The number of benzene rings is 2. The molecule has 1 aliphatic heterocycles. The first-order chi connectivity index (χ1) is 7.86. The number of ether oxygens (including phenoxy) is 2. The lowest BCUT2D eigenvalue weighted by Crippen LogP contribution is -2.01. The number of hydrogen-bond acceptors (Lipinski definition) is 2. The summed E-state index contributed by atoms with van der Waals surface area (Å²) in [6, 6.07) is 13.6. The largest absolute Gasteiger partial charge is 0.497 e. The molecular weight excluding hydrogens is 200 g/mol. The summed E-state index contributed by atoms with van der Waals surface area (Å²) in [6.07, 6.45) is 3.31. The van der Waals surface area contributed by atoms with E-state index in [4.69, 9.17) is 9.47 Å². The van der Waals surface area contributed by atoms with E-state index < -0.39 is 0 Å². The van der Waals surface area contributed by atoms with Crippen LogP contribution >= 0.6 is 0 Å². The summed E-state index contributed by atoms with van der Waals surface area (Å²) in [5, 5.41) is 0. The Morgan fingerprint density at radius 2 is 1.81 bits per heavy atom. The van der Waals surface area contributed by atoms with Crippen LogP contribution < -0.4 is 9.47 Å². The van der Waals surface area contributed by atoms with Crippen molar-refractivity contribution in [3.63, 3.8) is 0 Å². The van der Waals surface area contributed by atoms with E-state index in [0.29, 0.717) is 0 Å². The molecule has 3 rings (SSSR count). The predicted octanol–water partition coefficient (Wildman–Crippen LogP) is 3.28. The second-order valence-electron chi connectivity index (χ2n) is 3.59. The maximum Gasteiger partial charge on any atom is 0.131 e. The molecule has 2 aromatic rings. The van der Waals surface area contributed by atoms with Crippen molar-refractivity contribution in [2.45, 2.75) is 0 Å². The minimum absolute atomic E-state index is 0.814. The second kappa shape index (κ2) is 3.56. The smallest absolute Gasteiger partial charge is 0.131 e. The monoisotopic (exact) mass is 210 g/mol. The van der Waals surface area contributed by atoms with Gasteiger partial charge in [-0.05, 0) is 24.3 Å². The summed E-state index contributed by atoms with van der Waals surface area (Å²) in [5.74, 6) is 2.48. The van der Waals surface area contributed by atoms with Crippen molar-refractivity contribution >= 4 is 0 Å². The minimum atomic E-state index is 0.814. The van der Waals surface area contributed by atoms with Gasteiger partial charge in [0.05, 0.1) is 13.5 Å². The fourth-order valence-corrected chi connectivity index (χ4v) is 1.75. The van der Waals surface area contributed by atoms with E-state index in [1.165, 1.54) is 0 Å². The first-order valence-corrected chi connectivity index (χ1v) is 5.09. The average Bonchev–Trinajstić information content (AvgIpc) is 2.35. The summed E-state index contributed by atoms with van der Waals surface area (Å²) in [7, 11) is 1.65. The van der Waals surface area contributed by atoms with Crippen molar-refractivity contribution in [3.8, 4) is 17.2 Å². The average molecular weight is 210 g/mol. The van der Waals surface area contributed by atoms with Crippen molar-refractivity contribution in [2.75, 3.05) is 7.11 Å². The highest BCUT2D eigenvalue weighted by atomic mass is 16.5. The fourth-order valence-electron chi connectivity index (χ4n) is 1.75. The molecule has 0 fully saturated rings. The van der Waals surface area contributed by atoms with Crippen LogP contribution in [0.15, 0.2) is 42.5 Å². The van der Waals surface area contributed by atoms with Gasteiger partial charge in [0.1, 0.15) is 17.2 Å². The van der Waals surface area contributed by atoms with Crippen LogP contribution in [-0.2, 0) is 0 Å². The third-order valence-electron chi connectivity index (χ3n) is 2.56. The van der Waals surface area contributed by atoms with Gasteiger partial charge in [0.2, 0.25) is 0 Å². The molecule has 2 aromatic carbocycles. The van der Waals surface area contributed by atoms with E-state index >= 15 is 0 Å². The second-order valence-corrected chi connectivity index (χ2v) is 3.59. The van der Waals surface area contributed by atoms with Crippen molar-refractivity contribution in [1.29, 1.82) is 0 Å². The van der Waals surface area contributed by atoms with Crippen LogP contribution in [0.3, 0.4) is 0 Å². The molecule has 0 saturated carbocycles. The first-order valence-electron chi connectivity index (χ1n) is 5.09. The number of para-hydroxylation sites is 1. The lowest BCUT2D eigenvalue weighted by Gasteiger charge is -2.19. The van der Waals surface area contributed by atoms with E-state index in [0.717, 1.165) is 28.4 Å². The molecule has 0 N–H and O–H groups in total. The molecule has 0 aromatic heterocycles. The molecule has 2 radical (unpaired) electrons. The zero-order valence-electron chi connectivity index (χ0n) is 8.86. The summed E-state index contributed by atoms with van der Waals surface area (Å²) in [5.41, 5.74) is 1.90. The summed E-state index contributed by atoms with van der Waals surface area (Å²) < 4.78 is 10.9. The van der Waals surface area contributed by atoms with Gasteiger partial charge in [-0.3, -0.25) is 0 Å². The third kappa shape index (κ3) is 1.43. The quantitative estimate of drug-likeness (QED) is 0.613. The number of rotatable bonds is 1. The summed E-state index contributed by atoms with van der Waals surface area (Å²) in [4.78, 5) is 0. The van der Waals surface area contributed by atoms with Gasteiger partial charge < -0.3 is 9.47 Å². The molecule has 1 heterocycles. The zero-order chi connectivity index (χ0) is 11.0. The maximum atomic E-state index is 5.76. The molecule has 16 heavy (non-hydrogen) atoms. The molecule has 0 bridgehead atoms. The lowest BCUT2D eigenvalue weighted by molar-refractivity contribution is 0.411. The molecule has 0 unspecified atom stereocenters. The Balaban J connectivity index is 2.05. The van der Waals surface area contributed by atoms with Gasteiger partial charge >= 0.3 is 0 Å². The van der Waals surface area contributed by atoms with Gasteiger partial charge in [0, 0.05) is 11.1 Å². The van der Waals surface area contributed by atoms with Crippen molar-refractivity contribution in [1.82, 2.24) is 0 Å². The zero-order valence-corrected chi connectivity index (χ0v) is 8.86. The number of fused-ring (bicyclic) bond motifs is 2.